The normalized spacial score (nSPS) is 15.5. The van der Waals surface area contributed by atoms with Crippen molar-refractivity contribution in [1.29, 1.82) is 0 Å². The average Bonchev–Trinajstić information content (AvgIpc) is 3.02. The van der Waals surface area contributed by atoms with E-state index in [1.807, 2.05) is 18.3 Å². The zero-order valence-electron chi connectivity index (χ0n) is 8.70. The van der Waals surface area contributed by atoms with Gasteiger partial charge < -0.3 is 4.74 Å². The predicted molar refractivity (Wildman–Crippen MR) is 56.5 cm³/mol. The van der Waals surface area contributed by atoms with Gasteiger partial charge in [-0.1, -0.05) is 19.8 Å². The minimum absolute atomic E-state index is 0.782. The summed E-state index contributed by atoms with van der Waals surface area (Å²) >= 11 is 0. The Morgan fingerprint density at radius 3 is 3.07 bits per heavy atom. The van der Waals surface area contributed by atoms with Crippen LogP contribution in [-0.2, 0) is 6.42 Å². The summed E-state index contributed by atoms with van der Waals surface area (Å²) in [6.45, 7) is 2.97. The van der Waals surface area contributed by atoms with E-state index in [4.69, 9.17) is 4.74 Å². The van der Waals surface area contributed by atoms with Gasteiger partial charge in [-0.2, -0.15) is 0 Å². The Balaban J connectivity index is 1.81. The summed E-state index contributed by atoms with van der Waals surface area (Å²) in [5.74, 6) is 1.72. The van der Waals surface area contributed by atoms with Gasteiger partial charge in [0, 0.05) is 12.3 Å². The van der Waals surface area contributed by atoms with Gasteiger partial charge in [0.2, 0.25) is 5.88 Å². The lowest BCUT2D eigenvalue weighted by Crippen LogP contribution is -2.00. The van der Waals surface area contributed by atoms with Gasteiger partial charge in [-0.05, 0) is 30.4 Å². The number of rotatable bonds is 5. The maximum Gasteiger partial charge on any atom is 0.213 e. The summed E-state index contributed by atoms with van der Waals surface area (Å²) < 4.78 is 5.59. The highest BCUT2D eigenvalue weighted by atomic mass is 16.5. The fourth-order valence-electron chi connectivity index (χ4n) is 1.49. The van der Waals surface area contributed by atoms with E-state index in [2.05, 4.69) is 11.9 Å². The van der Waals surface area contributed by atoms with E-state index in [0.29, 0.717) is 0 Å². The molecule has 0 aromatic carbocycles. The maximum atomic E-state index is 5.59. The van der Waals surface area contributed by atoms with Gasteiger partial charge in [0.15, 0.2) is 0 Å². The molecule has 1 aromatic heterocycles. The first-order valence-corrected chi connectivity index (χ1v) is 5.46. The molecule has 14 heavy (non-hydrogen) atoms. The number of pyridine rings is 1. The number of hydrogen-bond acceptors (Lipinski definition) is 2. The van der Waals surface area contributed by atoms with E-state index in [1.165, 1.54) is 24.8 Å². The predicted octanol–water partition coefficient (Wildman–Crippen LogP) is 2.82. The van der Waals surface area contributed by atoms with Crippen LogP contribution >= 0.6 is 0 Å². The largest absolute Gasteiger partial charge is 0.478 e. The molecule has 1 fully saturated rings. The summed E-state index contributed by atoms with van der Waals surface area (Å²) in [5, 5.41) is 0. The Morgan fingerprint density at radius 2 is 2.36 bits per heavy atom. The molecule has 76 valence electrons. The van der Waals surface area contributed by atoms with Crippen LogP contribution in [0.15, 0.2) is 18.3 Å². The molecule has 1 aliphatic carbocycles. The summed E-state index contributed by atoms with van der Waals surface area (Å²) in [7, 11) is 0. The molecule has 0 radical (unpaired) electrons. The summed E-state index contributed by atoms with van der Waals surface area (Å²) in [6, 6.07) is 4.07. The molecular weight excluding hydrogens is 174 g/mol. The van der Waals surface area contributed by atoms with E-state index in [0.717, 1.165) is 24.8 Å². The van der Waals surface area contributed by atoms with E-state index in [-0.39, 0.29) is 0 Å². The van der Waals surface area contributed by atoms with Crippen LogP contribution < -0.4 is 4.74 Å². The number of nitrogens with zero attached hydrogens (tertiary/aromatic N) is 1. The molecule has 2 heteroatoms. The second kappa shape index (κ2) is 4.45. The van der Waals surface area contributed by atoms with E-state index in [1.54, 1.807) is 0 Å². The van der Waals surface area contributed by atoms with Crippen molar-refractivity contribution in [2.24, 2.45) is 5.92 Å². The SMILES string of the molecule is CCc1ccnc(OCCC2CC2)c1. The number of hydrogen-bond donors (Lipinski definition) is 0. The second-order valence-electron chi connectivity index (χ2n) is 3.94. The van der Waals surface area contributed by atoms with Crippen LogP contribution in [0.25, 0.3) is 0 Å². The Morgan fingerprint density at radius 1 is 1.50 bits per heavy atom. The van der Waals surface area contributed by atoms with Crippen molar-refractivity contribution in [3.8, 4) is 5.88 Å². The fourth-order valence-corrected chi connectivity index (χ4v) is 1.49. The molecular formula is C12H17NO. The van der Waals surface area contributed by atoms with E-state index in [9.17, 15) is 0 Å². The highest BCUT2D eigenvalue weighted by molar-refractivity contribution is 5.20. The molecule has 1 saturated carbocycles. The molecule has 0 amide bonds. The minimum Gasteiger partial charge on any atom is -0.478 e. The third-order valence-electron chi connectivity index (χ3n) is 2.68. The quantitative estimate of drug-likeness (QED) is 0.714. The van der Waals surface area contributed by atoms with Crippen LogP contribution in [0.2, 0.25) is 0 Å². The van der Waals surface area contributed by atoms with Gasteiger partial charge in [0.1, 0.15) is 0 Å². The Kier molecular flexibility index (Phi) is 3.02. The van der Waals surface area contributed by atoms with E-state index < -0.39 is 0 Å². The number of aryl methyl sites for hydroxylation is 1. The lowest BCUT2D eigenvalue weighted by Gasteiger charge is -2.05. The van der Waals surface area contributed by atoms with Gasteiger partial charge in [0.25, 0.3) is 0 Å². The van der Waals surface area contributed by atoms with Crippen molar-refractivity contribution >= 4 is 0 Å². The first kappa shape index (κ1) is 9.50. The van der Waals surface area contributed by atoms with Gasteiger partial charge >= 0.3 is 0 Å². The van der Waals surface area contributed by atoms with Crippen LogP contribution in [0.1, 0.15) is 31.7 Å². The second-order valence-corrected chi connectivity index (χ2v) is 3.94. The number of ether oxygens (including phenoxy) is 1. The fraction of sp³-hybridized carbons (Fsp3) is 0.583. The van der Waals surface area contributed by atoms with Gasteiger partial charge in [-0.15, -0.1) is 0 Å². The zero-order chi connectivity index (χ0) is 9.80. The maximum absolute atomic E-state index is 5.59. The van der Waals surface area contributed by atoms with Crippen molar-refractivity contribution in [2.75, 3.05) is 6.61 Å². The van der Waals surface area contributed by atoms with Crippen molar-refractivity contribution in [1.82, 2.24) is 4.98 Å². The highest BCUT2D eigenvalue weighted by Crippen LogP contribution is 2.32. The standard InChI is InChI=1S/C12H17NO/c1-2-10-5-7-13-12(9-10)14-8-6-11-3-4-11/h5,7,9,11H,2-4,6,8H2,1H3. The van der Waals surface area contributed by atoms with Crippen LogP contribution in [0.4, 0.5) is 0 Å². The molecule has 0 bridgehead atoms. The summed E-state index contributed by atoms with van der Waals surface area (Å²) in [5.41, 5.74) is 1.29. The van der Waals surface area contributed by atoms with Crippen molar-refractivity contribution in [2.45, 2.75) is 32.6 Å². The van der Waals surface area contributed by atoms with Gasteiger partial charge in [0.05, 0.1) is 6.61 Å². The Hall–Kier alpha value is -1.05. The van der Waals surface area contributed by atoms with Gasteiger partial charge in [-0.25, -0.2) is 4.98 Å². The third kappa shape index (κ3) is 2.72. The van der Waals surface area contributed by atoms with Crippen molar-refractivity contribution < 1.29 is 4.74 Å². The first-order valence-electron chi connectivity index (χ1n) is 5.46. The molecule has 1 heterocycles. The van der Waals surface area contributed by atoms with Crippen LogP contribution in [0.3, 0.4) is 0 Å². The Labute approximate surface area is 85.3 Å². The van der Waals surface area contributed by atoms with Crippen LogP contribution in [-0.4, -0.2) is 11.6 Å². The van der Waals surface area contributed by atoms with Gasteiger partial charge in [-0.3, -0.25) is 0 Å². The average molecular weight is 191 g/mol. The van der Waals surface area contributed by atoms with Crippen LogP contribution in [0, 0.1) is 5.92 Å². The zero-order valence-corrected chi connectivity index (χ0v) is 8.70. The lowest BCUT2D eigenvalue weighted by molar-refractivity contribution is 0.291. The molecule has 0 aliphatic heterocycles. The lowest BCUT2D eigenvalue weighted by atomic mass is 10.2. The third-order valence-corrected chi connectivity index (χ3v) is 2.68. The molecule has 0 atom stereocenters. The molecule has 2 nitrogen and oxygen atoms in total. The molecule has 2 rings (SSSR count). The summed E-state index contributed by atoms with van der Waals surface area (Å²) in [4.78, 5) is 4.18. The van der Waals surface area contributed by atoms with Crippen molar-refractivity contribution in [3.05, 3.63) is 23.9 Å². The smallest absolute Gasteiger partial charge is 0.213 e. The molecule has 1 aromatic rings. The highest BCUT2D eigenvalue weighted by Gasteiger charge is 2.20. The van der Waals surface area contributed by atoms with Crippen LogP contribution in [0.5, 0.6) is 5.88 Å². The topological polar surface area (TPSA) is 22.1 Å². The Bertz CT molecular complexity index is 294. The molecule has 1 aliphatic rings. The molecule has 0 spiro atoms. The molecule has 0 saturated heterocycles. The first-order chi connectivity index (χ1) is 6.88. The molecule has 0 unspecified atom stereocenters. The van der Waals surface area contributed by atoms with Crippen molar-refractivity contribution in [3.63, 3.8) is 0 Å². The summed E-state index contributed by atoms with van der Waals surface area (Å²) in [6.07, 6.45) is 6.85. The van der Waals surface area contributed by atoms with E-state index >= 15 is 0 Å². The minimum atomic E-state index is 0.782. The number of aromatic nitrogens is 1. The molecule has 0 N–H and O–H groups in total. The monoisotopic (exact) mass is 191 g/mol.